The van der Waals surface area contributed by atoms with Gasteiger partial charge in [-0.2, -0.15) is 4.31 Å². The van der Waals surface area contributed by atoms with Gasteiger partial charge in [0.15, 0.2) is 0 Å². The zero-order chi connectivity index (χ0) is 14.3. The van der Waals surface area contributed by atoms with Crippen LogP contribution in [-0.4, -0.2) is 25.8 Å². The monoisotopic (exact) mass is 295 g/mol. The SMILES string of the molecule is CC#CCN(CC#CCl)S(=O)(=O)c1ccc(C)cc1. The van der Waals surface area contributed by atoms with E-state index in [0.29, 0.717) is 0 Å². The fourth-order valence-corrected chi connectivity index (χ4v) is 2.68. The molecule has 1 aromatic rings. The first kappa shape index (κ1) is 15.6. The number of rotatable bonds is 4. The van der Waals surface area contributed by atoms with Crippen LogP contribution in [0.5, 0.6) is 0 Å². The van der Waals surface area contributed by atoms with E-state index in [-0.39, 0.29) is 18.0 Å². The largest absolute Gasteiger partial charge is 0.244 e. The average molecular weight is 296 g/mol. The fraction of sp³-hybridized carbons (Fsp3) is 0.286. The molecule has 1 aromatic carbocycles. The first-order valence-corrected chi connectivity index (χ1v) is 7.39. The lowest BCUT2D eigenvalue weighted by molar-refractivity contribution is 0.482. The summed E-state index contributed by atoms with van der Waals surface area (Å²) in [5.41, 5.74) is 0.999. The summed E-state index contributed by atoms with van der Waals surface area (Å²) in [6.07, 6.45) is 0. The number of nitrogens with zero attached hydrogens (tertiary/aromatic N) is 1. The van der Waals surface area contributed by atoms with E-state index in [2.05, 4.69) is 23.1 Å². The lowest BCUT2D eigenvalue weighted by atomic mass is 10.2. The van der Waals surface area contributed by atoms with Gasteiger partial charge < -0.3 is 0 Å². The van der Waals surface area contributed by atoms with E-state index in [4.69, 9.17) is 11.6 Å². The molecule has 0 amide bonds. The molecule has 1 rings (SSSR count). The molecule has 0 N–H and O–H groups in total. The molecule has 0 unspecified atom stereocenters. The highest BCUT2D eigenvalue weighted by atomic mass is 35.5. The van der Waals surface area contributed by atoms with Crippen LogP contribution in [-0.2, 0) is 10.0 Å². The van der Waals surface area contributed by atoms with Crippen molar-refractivity contribution in [2.75, 3.05) is 13.1 Å². The Kier molecular flexibility index (Phi) is 5.92. The normalized spacial score (nSPS) is 10.3. The molecule has 0 radical (unpaired) electrons. The van der Waals surface area contributed by atoms with Gasteiger partial charge in [-0.05, 0) is 37.6 Å². The Labute approximate surface area is 119 Å². The van der Waals surface area contributed by atoms with Crippen molar-refractivity contribution in [3.8, 4) is 23.1 Å². The van der Waals surface area contributed by atoms with E-state index in [9.17, 15) is 8.42 Å². The summed E-state index contributed by atoms with van der Waals surface area (Å²) in [5.74, 6) is 7.94. The number of hydrogen-bond donors (Lipinski definition) is 0. The van der Waals surface area contributed by atoms with Crippen LogP contribution >= 0.6 is 11.6 Å². The first-order chi connectivity index (χ1) is 9.02. The second kappa shape index (κ2) is 7.21. The van der Waals surface area contributed by atoms with E-state index in [1.165, 1.54) is 4.31 Å². The van der Waals surface area contributed by atoms with E-state index in [1.807, 2.05) is 6.92 Å². The number of halogens is 1. The summed E-state index contributed by atoms with van der Waals surface area (Å²) < 4.78 is 26.0. The molecule has 0 heterocycles. The Morgan fingerprint density at radius 2 is 1.74 bits per heavy atom. The van der Waals surface area contributed by atoms with Crippen molar-refractivity contribution < 1.29 is 8.42 Å². The minimum absolute atomic E-state index is 0.0222. The second-order valence-electron chi connectivity index (χ2n) is 3.78. The lowest BCUT2D eigenvalue weighted by Gasteiger charge is -2.17. The highest BCUT2D eigenvalue weighted by Crippen LogP contribution is 2.15. The molecule has 0 spiro atoms. The third-order valence-electron chi connectivity index (χ3n) is 2.41. The van der Waals surface area contributed by atoms with Gasteiger partial charge in [0.1, 0.15) is 0 Å². The summed E-state index contributed by atoms with van der Waals surface area (Å²) in [7, 11) is -3.59. The van der Waals surface area contributed by atoms with Gasteiger partial charge in [-0.3, -0.25) is 0 Å². The number of hydrogen-bond acceptors (Lipinski definition) is 2. The zero-order valence-corrected chi connectivity index (χ0v) is 12.3. The van der Waals surface area contributed by atoms with Crippen molar-refractivity contribution in [2.24, 2.45) is 0 Å². The van der Waals surface area contributed by atoms with E-state index < -0.39 is 10.0 Å². The molecule has 100 valence electrons. The minimum Gasteiger partial charge on any atom is -0.207 e. The van der Waals surface area contributed by atoms with Crippen molar-refractivity contribution in [1.29, 1.82) is 0 Å². The van der Waals surface area contributed by atoms with Crippen molar-refractivity contribution in [2.45, 2.75) is 18.7 Å². The molecular formula is C14H14ClNO2S. The van der Waals surface area contributed by atoms with Crippen molar-refractivity contribution >= 4 is 21.6 Å². The second-order valence-corrected chi connectivity index (χ2v) is 5.91. The molecule has 0 aliphatic carbocycles. The van der Waals surface area contributed by atoms with Crippen molar-refractivity contribution in [3.63, 3.8) is 0 Å². The maximum absolute atomic E-state index is 12.4. The maximum Gasteiger partial charge on any atom is 0.244 e. The van der Waals surface area contributed by atoms with E-state index in [1.54, 1.807) is 31.2 Å². The summed E-state index contributed by atoms with van der Waals surface area (Å²) in [6.45, 7) is 3.67. The predicted octanol–water partition coefficient (Wildman–Crippen LogP) is 2.21. The summed E-state index contributed by atoms with van der Waals surface area (Å²) in [6, 6.07) is 6.66. The topological polar surface area (TPSA) is 37.4 Å². The number of aryl methyl sites for hydroxylation is 1. The third kappa shape index (κ3) is 4.29. The van der Waals surface area contributed by atoms with Crippen LogP contribution in [0.4, 0.5) is 0 Å². The van der Waals surface area contributed by atoms with Crippen molar-refractivity contribution in [3.05, 3.63) is 29.8 Å². The first-order valence-electron chi connectivity index (χ1n) is 5.57. The standard InChI is InChI=1S/C14H14ClNO2S/c1-3-4-11-16(12-5-10-15)19(17,18)14-8-6-13(2)7-9-14/h6-9H,11-12H2,1-2H3. The van der Waals surface area contributed by atoms with Gasteiger partial charge in [-0.1, -0.05) is 29.5 Å². The molecule has 0 aromatic heterocycles. The third-order valence-corrected chi connectivity index (χ3v) is 4.35. The zero-order valence-electron chi connectivity index (χ0n) is 10.8. The Morgan fingerprint density at radius 1 is 1.16 bits per heavy atom. The molecule has 0 atom stereocenters. The van der Waals surface area contributed by atoms with Crippen LogP contribution in [0, 0.1) is 30.1 Å². The van der Waals surface area contributed by atoms with E-state index >= 15 is 0 Å². The van der Waals surface area contributed by atoms with Gasteiger partial charge in [0.2, 0.25) is 10.0 Å². The molecule has 0 saturated heterocycles. The molecule has 5 heteroatoms. The van der Waals surface area contributed by atoms with E-state index in [0.717, 1.165) is 5.56 Å². The van der Waals surface area contributed by atoms with Crippen LogP contribution in [0.15, 0.2) is 29.2 Å². The van der Waals surface area contributed by atoms with Crippen LogP contribution < -0.4 is 0 Å². The average Bonchev–Trinajstić information content (AvgIpc) is 2.39. The summed E-state index contributed by atoms with van der Waals surface area (Å²) in [5, 5.41) is 2.18. The van der Waals surface area contributed by atoms with Crippen LogP contribution in [0.3, 0.4) is 0 Å². The van der Waals surface area contributed by atoms with Crippen molar-refractivity contribution in [1.82, 2.24) is 4.31 Å². The van der Waals surface area contributed by atoms with Gasteiger partial charge in [0.05, 0.1) is 18.0 Å². The van der Waals surface area contributed by atoms with Crippen LogP contribution in [0.25, 0.3) is 0 Å². The molecule has 0 fully saturated rings. The van der Waals surface area contributed by atoms with Gasteiger partial charge in [0, 0.05) is 5.38 Å². The van der Waals surface area contributed by atoms with Gasteiger partial charge >= 0.3 is 0 Å². The molecule has 0 aliphatic rings. The molecule has 0 bridgehead atoms. The van der Waals surface area contributed by atoms with Gasteiger partial charge in [-0.25, -0.2) is 8.42 Å². The molecular weight excluding hydrogens is 282 g/mol. The highest BCUT2D eigenvalue weighted by Gasteiger charge is 2.22. The molecule has 19 heavy (non-hydrogen) atoms. The minimum atomic E-state index is -3.59. The molecule has 0 aliphatic heterocycles. The lowest BCUT2D eigenvalue weighted by Crippen LogP contribution is -2.32. The fourth-order valence-electron chi connectivity index (χ4n) is 1.37. The Hall–Kier alpha value is -1.46. The quantitative estimate of drug-likeness (QED) is 0.799. The summed E-state index contributed by atoms with van der Waals surface area (Å²) in [4.78, 5) is 0.229. The van der Waals surface area contributed by atoms with Gasteiger partial charge in [0.25, 0.3) is 0 Å². The Balaban J connectivity index is 3.11. The number of sulfonamides is 1. The Morgan fingerprint density at radius 3 is 2.26 bits per heavy atom. The van der Waals surface area contributed by atoms with Gasteiger partial charge in [-0.15, -0.1) is 5.92 Å². The predicted molar refractivity (Wildman–Crippen MR) is 77.0 cm³/mol. The number of benzene rings is 1. The molecule has 3 nitrogen and oxygen atoms in total. The van der Waals surface area contributed by atoms with Crippen LogP contribution in [0.2, 0.25) is 0 Å². The smallest absolute Gasteiger partial charge is 0.207 e. The molecule has 0 saturated carbocycles. The maximum atomic E-state index is 12.4. The summed E-state index contributed by atoms with van der Waals surface area (Å²) >= 11 is 5.28. The Bertz CT molecular complexity index is 621. The highest BCUT2D eigenvalue weighted by molar-refractivity contribution is 7.89. The van der Waals surface area contributed by atoms with Crippen LogP contribution in [0.1, 0.15) is 12.5 Å².